The van der Waals surface area contributed by atoms with Gasteiger partial charge in [-0.2, -0.15) is 0 Å². The van der Waals surface area contributed by atoms with Crippen LogP contribution >= 0.6 is 12.2 Å². The summed E-state index contributed by atoms with van der Waals surface area (Å²) in [4.78, 5) is 14.4. The molecular formula is C16H25N3OS. The number of carbonyl (C=O) groups excluding carboxylic acids is 1. The molecule has 1 rings (SSSR count). The minimum atomic E-state index is -0.285. The Labute approximate surface area is 132 Å². The topological polar surface area (TPSA) is 58.4 Å². The number of para-hydroxylation sites is 1. The summed E-state index contributed by atoms with van der Waals surface area (Å²) in [6.45, 7) is 6.85. The number of nitrogens with one attached hydrogen (secondary N) is 1. The Morgan fingerprint density at radius 2 is 1.95 bits per heavy atom. The summed E-state index contributed by atoms with van der Waals surface area (Å²) in [7, 11) is 1.88. The van der Waals surface area contributed by atoms with Crippen molar-refractivity contribution < 1.29 is 4.79 Å². The van der Waals surface area contributed by atoms with Crippen LogP contribution in [0.25, 0.3) is 0 Å². The summed E-state index contributed by atoms with van der Waals surface area (Å²) in [5, 5.41) is 2.97. The van der Waals surface area contributed by atoms with E-state index >= 15 is 0 Å². The van der Waals surface area contributed by atoms with E-state index in [1.165, 1.54) is 0 Å². The van der Waals surface area contributed by atoms with Crippen LogP contribution in [0.2, 0.25) is 0 Å². The molecule has 0 radical (unpaired) electrons. The van der Waals surface area contributed by atoms with Gasteiger partial charge < -0.3 is 16.0 Å². The third-order valence-electron chi connectivity index (χ3n) is 3.53. The van der Waals surface area contributed by atoms with Crippen molar-refractivity contribution in [3.8, 4) is 0 Å². The quantitative estimate of drug-likeness (QED) is 0.759. The van der Waals surface area contributed by atoms with E-state index in [2.05, 4.69) is 19.2 Å². The molecular weight excluding hydrogens is 282 g/mol. The van der Waals surface area contributed by atoms with Crippen LogP contribution in [0.3, 0.4) is 0 Å². The lowest BCUT2D eigenvalue weighted by atomic mass is 10.1. The molecule has 3 N–H and O–H groups in total. The first-order valence-electron chi connectivity index (χ1n) is 7.24. The predicted octanol–water partition coefficient (Wildman–Crippen LogP) is 2.31. The van der Waals surface area contributed by atoms with E-state index in [9.17, 15) is 4.79 Å². The zero-order valence-corrected chi connectivity index (χ0v) is 14.0. The normalized spacial score (nSPS) is 12.0. The molecule has 1 amide bonds. The fourth-order valence-corrected chi connectivity index (χ4v) is 2.18. The molecule has 1 aromatic carbocycles. The summed E-state index contributed by atoms with van der Waals surface area (Å²) in [6, 6.07) is 7.31. The molecule has 4 nitrogen and oxygen atoms in total. The van der Waals surface area contributed by atoms with Gasteiger partial charge in [0.25, 0.3) is 0 Å². The number of anilines is 1. The van der Waals surface area contributed by atoms with Crippen molar-refractivity contribution in [1.82, 2.24) is 5.32 Å². The van der Waals surface area contributed by atoms with Gasteiger partial charge in [-0.05, 0) is 31.4 Å². The van der Waals surface area contributed by atoms with Crippen molar-refractivity contribution in [2.24, 2.45) is 11.7 Å². The van der Waals surface area contributed by atoms with Gasteiger partial charge in [0, 0.05) is 24.8 Å². The number of nitrogens with zero attached hydrogens (tertiary/aromatic N) is 1. The van der Waals surface area contributed by atoms with Gasteiger partial charge in [-0.15, -0.1) is 0 Å². The van der Waals surface area contributed by atoms with Gasteiger partial charge in [0.1, 0.15) is 11.0 Å². The summed E-state index contributed by atoms with van der Waals surface area (Å²) in [5.41, 5.74) is 7.41. The lowest BCUT2D eigenvalue weighted by Crippen LogP contribution is -2.44. The number of benzene rings is 1. The zero-order valence-electron chi connectivity index (χ0n) is 13.2. The number of hydrogen-bond acceptors (Lipinski definition) is 3. The molecule has 116 valence electrons. The number of nitrogens with two attached hydrogens (primary N) is 1. The second kappa shape index (κ2) is 7.98. The number of carbonyl (C=O) groups is 1. The summed E-state index contributed by atoms with van der Waals surface area (Å²) in [6.07, 6.45) is 0.978. The largest absolute Gasteiger partial charge is 0.389 e. The van der Waals surface area contributed by atoms with E-state index in [1.54, 1.807) is 0 Å². The van der Waals surface area contributed by atoms with E-state index in [1.807, 2.05) is 43.1 Å². The number of likely N-dealkylation sites (N-methyl/N-ethyl adjacent to an activating group) is 1. The predicted molar refractivity (Wildman–Crippen MR) is 92.7 cm³/mol. The molecule has 0 aromatic heterocycles. The van der Waals surface area contributed by atoms with Gasteiger partial charge in [0.2, 0.25) is 5.91 Å². The third kappa shape index (κ3) is 5.01. The molecule has 0 aliphatic carbocycles. The fraction of sp³-hybridized carbons (Fsp3) is 0.500. The lowest BCUT2D eigenvalue weighted by Gasteiger charge is -2.28. The number of rotatable bonds is 7. The van der Waals surface area contributed by atoms with E-state index in [-0.39, 0.29) is 11.9 Å². The molecule has 0 fully saturated rings. The molecule has 1 atom stereocenters. The van der Waals surface area contributed by atoms with Gasteiger partial charge in [-0.3, -0.25) is 4.79 Å². The third-order valence-corrected chi connectivity index (χ3v) is 3.75. The minimum Gasteiger partial charge on any atom is -0.389 e. The second-order valence-corrected chi connectivity index (χ2v) is 6.08. The Hall–Kier alpha value is -1.62. The van der Waals surface area contributed by atoms with Gasteiger partial charge in [0.05, 0.1) is 0 Å². The molecule has 21 heavy (non-hydrogen) atoms. The first kappa shape index (κ1) is 17.4. The van der Waals surface area contributed by atoms with E-state index < -0.39 is 0 Å². The van der Waals surface area contributed by atoms with E-state index in [0.717, 1.165) is 17.7 Å². The number of hydrogen-bond donors (Lipinski definition) is 2. The van der Waals surface area contributed by atoms with Crippen LogP contribution in [-0.4, -0.2) is 30.5 Å². The number of thiocarbonyl (C=S) groups is 1. The molecule has 0 heterocycles. The monoisotopic (exact) mass is 307 g/mol. The summed E-state index contributed by atoms with van der Waals surface area (Å²) >= 11 is 5.07. The smallest absolute Gasteiger partial charge is 0.242 e. The maximum absolute atomic E-state index is 12.2. The van der Waals surface area contributed by atoms with Crippen molar-refractivity contribution in [2.75, 3.05) is 18.5 Å². The second-order valence-electron chi connectivity index (χ2n) is 5.64. The highest BCUT2D eigenvalue weighted by Gasteiger charge is 2.20. The van der Waals surface area contributed by atoms with E-state index in [4.69, 9.17) is 18.0 Å². The highest BCUT2D eigenvalue weighted by Crippen LogP contribution is 2.21. The Bertz CT molecular complexity index is 502. The fourth-order valence-electron chi connectivity index (χ4n) is 2.01. The Morgan fingerprint density at radius 3 is 2.52 bits per heavy atom. The molecule has 0 spiro atoms. The molecule has 0 saturated carbocycles. The molecule has 1 unspecified atom stereocenters. The van der Waals surface area contributed by atoms with Gasteiger partial charge in [0.15, 0.2) is 0 Å². The average Bonchev–Trinajstić information content (AvgIpc) is 2.45. The van der Waals surface area contributed by atoms with Crippen LogP contribution in [0.1, 0.15) is 32.8 Å². The SMILES string of the molecule is CC(C)CCNC(=O)C(C)N(C)c1ccccc1C(N)=S. The van der Waals surface area contributed by atoms with Crippen molar-refractivity contribution in [3.63, 3.8) is 0 Å². The van der Waals surface area contributed by atoms with Gasteiger partial charge in [-0.25, -0.2) is 0 Å². The Kier molecular flexibility index (Phi) is 6.62. The maximum atomic E-state index is 12.2. The average molecular weight is 307 g/mol. The highest BCUT2D eigenvalue weighted by atomic mass is 32.1. The Morgan fingerprint density at radius 1 is 1.33 bits per heavy atom. The summed E-state index contributed by atoms with van der Waals surface area (Å²) < 4.78 is 0. The Balaban J connectivity index is 2.76. The molecule has 5 heteroatoms. The van der Waals surface area contributed by atoms with Crippen LogP contribution in [0.15, 0.2) is 24.3 Å². The number of amides is 1. The van der Waals surface area contributed by atoms with Crippen LogP contribution < -0.4 is 16.0 Å². The summed E-state index contributed by atoms with van der Waals surface area (Å²) in [5.74, 6) is 0.588. The van der Waals surface area contributed by atoms with Crippen molar-refractivity contribution in [2.45, 2.75) is 33.2 Å². The van der Waals surface area contributed by atoms with Crippen LogP contribution in [0, 0.1) is 5.92 Å². The molecule has 0 aliphatic heterocycles. The minimum absolute atomic E-state index is 0.0101. The lowest BCUT2D eigenvalue weighted by molar-refractivity contribution is -0.122. The first-order chi connectivity index (χ1) is 9.84. The standard InChI is InChI=1S/C16H25N3OS/c1-11(2)9-10-18-16(20)12(3)19(4)14-8-6-5-7-13(14)15(17)21/h5-8,11-12H,9-10H2,1-4H3,(H2,17,21)(H,18,20). The first-order valence-corrected chi connectivity index (χ1v) is 7.64. The van der Waals surface area contributed by atoms with Crippen LogP contribution in [0.5, 0.6) is 0 Å². The van der Waals surface area contributed by atoms with Crippen molar-refractivity contribution in [3.05, 3.63) is 29.8 Å². The van der Waals surface area contributed by atoms with Crippen molar-refractivity contribution >= 4 is 28.8 Å². The molecule has 0 saturated heterocycles. The van der Waals surface area contributed by atoms with Crippen LogP contribution in [0.4, 0.5) is 5.69 Å². The van der Waals surface area contributed by atoms with Gasteiger partial charge in [-0.1, -0.05) is 38.2 Å². The molecule has 0 bridgehead atoms. The van der Waals surface area contributed by atoms with Gasteiger partial charge >= 0.3 is 0 Å². The highest BCUT2D eigenvalue weighted by molar-refractivity contribution is 7.80. The van der Waals surface area contributed by atoms with Crippen LogP contribution in [-0.2, 0) is 4.79 Å². The zero-order chi connectivity index (χ0) is 16.0. The molecule has 1 aromatic rings. The maximum Gasteiger partial charge on any atom is 0.242 e. The van der Waals surface area contributed by atoms with E-state index in [0.29, 0.717) is 17.5 Å². The van der Waals surface area contributed by atoms with Crippen molar-refractivity contribution in [1.29, 1.82) is 0 Å². The molecule has 0 aliphatic rings.